The van der Waals surface area contributed by atoms with Gasteiger partial charge in [-0.25, -0.2) is 9.07 Å². The predicted octanol–water partition coefficient (Wildman–Crippen LogP) is 4.32. The number of anilines is 1. The molecular formula is C34H34ClFN10O2. The third-order valence-corrected chi connectivity index (χ3v) is 9.62. The van der Waals surface area contributed by atoms with E-state index in [-0.39, 0.29) is 28.6 Å². The third-order valence-electron chi connectivity index (χ3n) is 9.32. The molecule has 1 saturated heterocycles. The summed E-state index contributed by atoms with van der Waals surface area (Å²) in [5.74, 6) is -0.806. The highest BCUT2D eigenvalue weighted by Crippen LogP contribution is 2.38. The van der Waals surface area contributed by atoms with Crippen LogP contribution in [0, 0.1) is 5.82 Å². The highest BCUT2D eigenvalue weighted by molar-refractivity contribution is 6.30. The molecule has 2 aliphatic rings. The number of ketones is 1. The summed E-state index contributed by atoms with van der Waals surface area (Å²) in [4.78, 5) is 34.7. The van der Waals surface area contributed by atoms with Crippen molar-refractivity contribution in [3.63, 3.8) is 0 Å². The molecule has 1 atom stereocenters. The fraction of sp³-hybridized carbons (Fsp3) is 0.324. The van der Waals surface area contributed by atoms with E-state index in [0.29, 0.717) is 24.8 Å². The quantitative estimate of drug-likeness (QED) is 0.257. The van der Waals surface area contributed by atoms with Crippen LogP contribution in [-0.4, -0.2) is 96.9 Å². The lowest BCUT2D eigenvalue weighted by Gasteiger charge is -2.41. The molecule has 2 aromatic heterocycles. The number of nitrogens with one attached hydrogen (secondary N) is 1. The van der Waals surface area contributed by atoms with Gasteiger partial charge in [0.15, 0.2) is 17.3 Å². The molecule has 1 unspecified atom stereocenters. The zero-order valence-electron chi connectivity index (χ0n) is 26.6. The number of carbonyl (C=O) groups excluding carboxylic acids is 2. The summed E-state index contributed by atoms with van der Waals surface area (Å²) >= 11 is 5.98. The monoisotopic (exact) mass is 668 g/mol. The molecule has 0 spiro atoms. The van der Waals surface area contributed by atoms with E-state index >= 15 is 0 Å². The van der Waals surface area contributed by atoms with Gasteiger partial charge in [0, 0.05) is 43.3 Å². The second-order valence-corrected chi connectivity index (χ2v) is 12.8. The average Bonchev–Trinajstić information content (AvgIpc) is 3.82. The Bertz CT molecular complexity index is 1940. The van der Waals surface area contributed by atoms with E-state index in [1.54, 1.807) is 11.0 Å². The van der Waals surface area contributed by atoms with Crippen LogP contribution in [0.25, 0.3) is 17.1 Å². The predicted molar refractivity (Wildman–Crippen MR) is 177 cm³/mol. The Kier molecular flexibility index (Phi) is 8.71. The summed E-state index contributed by atoms with van der Waals surface area (Å²) in [6.45, 7) is 2.13. The molecule has 4 heterocycles. The van der Waals surface area contributed by atoms with Crippen molar-refractivity contribution in [3.8, 4) is 17.1 Å². The summed E-state index contributed by atoms with van der Waals surface area (Å²) in [6, 6.07) is 17.6. The molecule has 0 bridgehead atoms. The van der Waals surface area contributed by atoms with Crippen molar-refractivity contribution in [2.45, 2.75) is 37.8 Å². The number of carbonyl (C=O) groups is 2. The zero-order valence-corrected chi connectivity index (χ0v) is 27.3. The average molecular weight is 669 g/mol. The first-order valence-electron chi connectivity index (χ1n) is 15.8. The molecule has 5 aromatic rings. The van der Waals surface area contributed by atoms with Crippen molar-refractivity contribution < 1.29 is 14.0 Å². The van der Waals surface area contributed by atoms with Crippen LogP contribution in [0.2, 0.25) is 5.02 Å². The van der Waals surface area contributed by atoms with Crippen LogP contribution < -0.4 is 4.90 Å². The fourth-order valence-corrected chi connectivity index (χ4v) is 6.95. The smallest absolute Gasteiger partial charge is 0.276 e. The second-order valence-electron chi connectivity index (χ2n) is 12.4. The van der Waals surface area contributed by atoms with Gasteiger partial charge in [-0.2, -0.15) is 5.21 Å². The largest absolute Gasteiger partial charge is 0.371 e. The first-order valence-corrected chi connectivity index (χ1v) is 16.2. The number of aromatic nitrogens is 7. The maximum absolute atomic E-state index is 14.8. The number of Topliss-reactive ketones (excluding diaryl/α,β-unsaturated/α-hetero) is 1. The molecule has 0 radical (unpaired) electrons. The Morgan fingerprint density at radius 1 is 0.979 bits per heavy atom. The molecule has 7 rings (SSSR count). The number of piperidine rings is 1. The molecule has 1 fully saturated rings. The van der Waals surface area contributed by atoms with Crippen LogP contribution in [0.5, 0.6) is 0 Å². The van der Waals surface area contributed by atoms with Gasteiger partial charge in [-0.05, 0) is 73.5 Å². The van der Waals surface area contributed by atoms with Crippen molar-refractivity contribution >= 4 is 29.0 Å². The van der Waals surface area contributed by atoms with E-state index < -0.39 is 17.8 Å². The van der Waals surface area contributed by atoms with Crippen LogP contribution in [0.15, 0.2) is 66.9 Å². The Morgan fingerprint density at radius 3 is 2.46 bits per heavy atom. The van der Waals surface area contributed by atoms with Gasteiger partial charge in [0.05, 0.1) is 11.2 Å². The lowest BCUT2D eigenvalue weighted by atomic mass is 9.86. The van der Waals surface area contributed by atoms with E-state index in [1.807, 2.05) is 36.4 Å². The summed E-state index contributed by atoms with van der Waals surface area (Å²) in [5, 5.41) is 22.1. The number of tetrazole rings is 1. The van der Waals surface area contributed by atoms with E-state index in [4.69, 9.17) is 11.6 Å². The van der Waals surface area contributed by atoms with Gasteiger partial charge in [-0.1, -0.05) is 59.3 Å². The van der Waals surface area contributed by atoms with Gasteiger partial charge in [0.2, 0.25) is 5.82 Å². The number of amides is 1. The van der Waals surface area contributed by atoms with Crippen LogP contribution >= 0.6 is 11.6 Å². The number of rotatable bonds is 8. The van der Waals surface area contributed by atoms with Crippen LogP contribution in [0.4, 0.5) is 10.1 Å². The van der Waals surface area contributed by atoms with Crippen molar-refractivity contribution in [1.29, 1.82) is 0 Å². The molecule has 12 nitrogen and oxygen atoms in total. The molecule has 2 aliphatic heterocycles. The second kappa shape index (κ2) is 13.2. The SMILES string of the molecule is CN(C)C1CCN(c2cccc3c2CCN(C(=O)c2cn(-c4cccc(Cl)c4F)nn2)C3C(=O)Cc2ccc(-c3nn[nH]n3)cc2)CC1. The summed E-state index contributed by atoms with van der Waals surface area (Å²) in [7, 11) is 4.24. The van der Waals surface area contributed by atoms with Gasteiger partial charge in [0.1, 0.15) is 11.7 Å². The minimum Gasteiger partial charge on any atom is -0.371 e. The van der Waals surface area contributed by atoms with E-state index in [2.05, 4.69) is 60.9 Å². The van der Waals surface area contributed by atoms with Gasteiger partial charge in [0.25, 0.3) is 5.91 Å². The topological polar surface area (TPSA) is 129 Å². The number of aromatic amines is 1. The minimum absolute atomic E-state index is 0.00185. The van der Waals surface area contributed by atoms with E-state index in [1.165, 1.54) is 23.0 Å². The summed E-state index contributed by atoms with van der Waals surface area (Å²) in [6.07, 6.45) is 4.14. The molecule has 0 aliphatic carbocycles. The molecule has 48 heavy (non-hydrogen) atoms. The van der Waals surface area contributed by atoms with Crippen molar-refractivity contribution in [2.24, 2.45) is 0 Å². The van der Waals surface area contributed by atoms with Crippen molar-refractivity contribution in [2.75, 3.05) is 38.6 Å². The van der Waals surface area contributed by atoms with Gasteiger partial charge in [-0.3, -0.25) is 9.59 Å². The molecule has 0 saturated carbocycles. The number of fused-ring (bicyclic) bond motifs is 1. The van der Waals surface area contributed by atoms with Crippen LogP contribution in [-0.2, 0) is 17.6 Å². The minimum atomic E-state index is -0.856. The number of halogens is 2. The molecule has 3 aromatic carbocycles. The molecule has 246 valence electrons. The van der Waals surface area contributed by atoms with Gasteiger partial charge in [-0.15, -0.1) is 15.3 Å². The maximum Gasteiger partial charge on any atom is 0.276 e. The first-order chi connectivity index (χ1) is 23.3. The third kappa shape index (κ3) is 6.06. The first kappa shape index (κ1) is 31.6. The normalized spacial score (nSPS) is 16.7. The number of hydrogen-bond acceptors (Lipinski definition) is 9. The van der Waals surface area contributed by atoms with Gasteiger partial charge < -0.3 is 14.7 Å². The maximum atomic E-state index is 14.8. The number of nitrogens with zero attached hydrogens (tertiary/aromatic N) is 9. The number of benzene rings is 3. The number of H-pyrrole nitrogens is 1. The zero-order chi connectivity index (χ0) is 33.4. The highest BCUT2D eigenvalue weighted by atomic mass is 35.5. The van der Waals surface area contributed by atoms with Crippen molar-refractivity contribution in [1.82, 2.24) is 45.4 Å². The Morgan fingerprint density at radius 2 is 1.73 bits per heavy atom. The lowest BCUT2D eigenvalue weighted by Crippen LogP contribution is -2.46. The summed E-state index contributed by atoms with van der Waals surface area (Å²) < 4.78 is 16.0. The van der Waals surface area contributed by atoms with Crippen LogP contribution in [0.3, 0.4) is 0 Å². The fourth-order valence-electron chi connectivity index (χ4n) is 6.78. The highest BCUT2D eigenvalue weighted by Gasteiger charge is 2.38. The molecule has 1 amide bonds. The Labute approximate surface area is 281 Å². The van der Waals surface area contributed by atoms with E-state index in [9.17, 15) is 14.0 Å². The summed E-state index contributed by atoms with van der Waals surface area (Å²) in [5.41, 5.74) is 4.63. The van der Waals surface area contributed by atoms with Crippen LogP contribution in [0.1, 0.15) is 46.1 Å². The number of hydrogen-bond donors (Lipinski definition) is 1. The standard InChI is InChI=1S/C34H34ClFN10O2/c1-43(2)23-13-16-44(17-14-23)28-7-3-5-25-24(28)15-18-45(34(48)27-20-46(42-37-27)29-8-4-6-26(35)31(29)36)32(25)30(47)19-21-9-11-22(12-10-21)33-38-40-41-39-33/h3-12,20,23,32H,13-19H2,1-2H3,(H,38,39,40,41). The molecule has 1 N–H and O–H groups in total. The Hall–Kier alpha value is -5.01. The molecule has 14 heteroatoms. The Balaban J connectivity index is 1.21. The van der Waals surface area contributed by atoms with Gasteiger partial charge >= 0.3 is 0 Å². The molecular weight excluding hydrogens is 635 g/mol. The van der Waals surface area contributed by atoms with E-state index in [0.717, 1.165) is 53.9 Å². The lowest BCUT2D eigenvalue weighted by molar-refractivity contribution is -0.123. The van der Waals surface area contributed by atoms with Crippen molar-refractivity contribution in [3.05, 3.63) is 100 Å².